The number of hydrogen-bond donors (Lipinski definition) is 1. The van der Waals surface area contributed by atoms with Gasteiger partial charge in [0, 0.05) is 6.20 Å². The summed E-state index contributed by atoms with van der Waals surface area (Å²) in [6.45, 7) is 2.67. The van der Waals surface area contributed by atoms with E-state index in [1.54, 1.807) is 16.5 Å². The van der Waals surface area contributed by atoms with Crippen molar-refractivity contribution in [3.63, 3.8) is 0 Å². The Morgan fingerprint density at radius 3 is 2.82 bits per heavy atom. The Hall–Kier alpha value is -2.89. The first-order valence-electron chi connectivity index (χ1n) is 7.02. The lowest BCUT2D eigenvalue weighted by Crippen LogP contribution is -2.28. The number of nitrogens with zero attached hydrogens (tertiary/aromatic N) is 3. The number of carbonyl (C=O) groups is 1. The minimum absolute atomic E-state index is 0.185. The number of hydrogen-bond acceptors (Lipinski definition) is 4. The summed E-state index contributed by atoms with van der Waals surface area (Å²) < 4.78 is 7.32. The highest BCUT2D eigenvalue weighted by atomic mass is 16.5. The number of rotatable bonds is 5. The summed E-state index contributed by atoms with van der Waals surface area (Å²) in [6.07, 6.45) is 1.83. The van der Waals surface area contributed by atoms with Gasteiger partial charge in [-0.2, -0.15) is 0 Å². The molecule has 0 aliphatic heterocycles. The van der Waals surface area contributed by atoms with Crippen LogP contribution in [0.15, 0.2) is 48.7 Å². The Kier molecular flexibility index (Phi) is 4.00. The molecule has 3 aromatic rings. The molecule has 0 atom stereocenters. The number of para-hydroxylation sites is 1. The fraction of sp³-hybridized carbons (Fsp3) is 0.188. The van der Waals surface area contributed by atoms with E-state index in [4.69, 9.17) is 4.74 Å². The van der Waals surface area contributed by atoms with E-state index >= 15 is 0 Å². The zero-order valence-corrected chi connectivity index (χ0v) is 12.2. The van der Waals surface area contributed by atoms with Crippen molar-refractivity contribution in [2.24, 2.45) is 0 Å². The Morgan fingerprint density at radius 1 is 1.18 bits per heavy atom. The molecule has 112 valence electrons. The molecular weight excluding hydrogens is 280 g/mol. The van der Waals surface area contributed by atoms with Gasteiger partial charge in [0.25, 0.3) is 5.91 Å². The van der Waals surface area contributed by atoms with Crippen molar-refractivity contribution in [2.75, 3.05) is 13.2 Å². The molecule has 0 spiro atoms. The van der Waals surface area contributed by atoms with Gasteiger partial charge < -0.3 is 10.1 Å². The van der Waals surface area contributed by atoms with Crippen molar-refractivity contribution in [1.29, 1.82) is 0 Å². The average Bonchev–Trinajstić information content (AvgIpc) is 2.94. The van der Waals surface area contributed by atoms with Crippen molar-refractivity contribution in [3.8, 4) is 5.75 Å². The maximum atomic E-state index is 12.2. The number of ether oxygens (including phenoxy) is 1. The molecule has 22 heavy (non-hydrogen) atoms. The average molecular weight is 296 g/mol. The van der Waals surface area contributed by atoms with Crippen LogP contribution in [0, 0.1) is 6.92 Å². The third-order valence-electron chi connectivity index (χ3n) is 3.25. The number of fused-ring (bicyclic) bond motifs is 1. The molecule has 1 N–H and O–H groups in total. The summed E-state index contributed by atoms with van der Waals surface area (Å²) in [6, 6.07) is 13.0. The van der Waals surface area contributed by atoms with Gasteiger partial charge >= 0.3 is 0 Å². The van der Waals surface area contributed by atoms with Crippen LogP contribution in [0.2, 0.25) is 0 Å². The highest BCUT2D eigenvalue weighted by Crippen LogP contribution is 2.10. The second kappa shape index (κ2) is 6.26. The highest BCUT2D eigenvalue weighted by molar-refractivity contribution is 5.99. The van der Waals surface area contributed by atoms with E-state index in [-0.39, 0.29) is 5.91 Å². The monoisotopic (exact) mass is 296 g/mol. The summed E-state index contributed by atoms with van der Waals surface area (Å²) in [5.41, 5.74) is 1.06. The summed E-state index contributed by atoms with van der Waals surface area (Å²) >= 11 is 0. The molecule has 6 heteroatoms. The number of pyridine rings is 1. The van der Waals surface area contributed by atoms with Crippen LogP contribution in [0.1, 0.15) is 16.2 Å². The Bertz CT molecular complexity index is 783. The summed E-state index contributed by atoms with van der Waals surface area (Å²) in [5, 5.41) is 10.8. The normalized spacial score (nSPS) is 10.6. The maximum Gasteiger partial charge on any atom is 0.255 e. The molecule has 3 rings (SSSR count). The van der Waals surface area contributed by atoms with Crippen LogP contribution in [0.25, 0.3) is 5.65 Å². The largest absolute Gasteiger partial charge is 0.492 e. The second-order valence-corrected chi connectivity index (χ2v) is 4.78. The third kappa shape index (κ3) is 2.90. The minimum Gasteiger partial charge on any atom is -0.492 e. The van der Waals surface area contributed by atoms with Gasteiger partial charge in [0.1, 0.15) is 18.2 Å². The van der Waals surface area contributed by atoms with Crippen LogP contribution >= 0.6 is 0 Å². The molecule has 6 nitrogen and oxygen atoms in total. The number of benzene rings is 1. The van der Waals surface area contributed by atoms with Gasteiger partial charge in [-0.15, -0.1) is 10.2 Å². The van der Waals surface area contributed by atoms with Crippen molar-refractivity contribution in [1.82, 2.24) is 19.9 Å². The maximum absolute atomic E-state index is 12.2. The van der Waals surface area contributed by atoms with E-state index in [9.17, 15) is 4.79 Å². The summed E-state index contributed by atoms with van der Waals surface area (Å²) in [7, 11) is 0. The van der Waals surface area contributed by atoms with Gasteiger partial charge in [-0.25, -0.2) is 0 Å². The van der Waals surface area contributed by atoms with E-state index in [0.717, 1.165) is 11.6 Å². The highest BCUT2D eigenvalue weighted by Gasteiger charge is 2.12. The minimum atomic E-state index is -0.185. The lowest BCUT2D eigenvalue weighted by molar-refractivity contribution is 0.0948. The van der Waals surface area contributed by atoms with Gasteiger partial charge in [0.2, 0.25) is 0 Å². The van der Waals surface area contributed by atoms with Gasteiger partial charge in [-0.1, -0.05) is 18.2 Å². The lowest BCUT2D eigenvalue weighted by atomic mass is 10.2. The Morgan fingerprint density at radius 2 is 2.00 bits per heavy atom. The van der Waals surface area contributed by atoms with Crippen LogP contribution in [0.4, 0.5) is 0 Å². The molecule has 1 aromatic carbocycles. The molecule has 2 heterocycles. The van der Waals surface area contributed by atoms with Crippen LogP contribution in [-0.4, -0.2) is 33.7 Å². The van der Waals surface area contributed by atoms with Gasteiger partial charge in [-0.3, -0.25) is 9.20 Å². The van der Waals surface area contributed by atoms with E-state index in [1.165, 1.54) is 0 Å². The predicted molar refractivity (Wildman–Crippen MR) is 82.0 cm³/mol. The first kappa shape index (κ1) is 14.1. The first-order valence-corrected chi connectivity index (χ1v) is 7.02. The smallest absolute Gasteiger partial charge is 0.255 e. The number of aryl methyl sites for hydroxylation is 1. The van der Waals surface area contributed by atoms with Gasteiger partial charge in [-0.05, 0) is 31.2 Å². The predicted octanol–water partition coefficient (Wildman–Crippen LogP) is 1.85. The van der Waals surface area contributed by atoms with Crippen LogP contribution in [-0.2, 0) is 0 Å². The second-order valence-electron chi connectivity index (χ2n) is 4.78. The van der Waals surface area contributed by atoms with Gasteiger partial charge in [0.05, 0.1) is 12.1 Å². The van der Waals surface area contributed by atoms with Crippen LogP contribution in [0.3, 0.4) is 0 Å². The molecule has 0 fully saturated rings. The topological polar surface area (TPSA) is 68.5 Å². The Balaban J connectivity index is 1.60. The molecule has 2 aromatic heterocycles. The fourth-order valence-electron chi connectivity index (χ4n) is 2.15. The number of carbonyl (C=O) groups excluding carboxylic acids is 1. The number of amides is 1. The molecule has 0 saturated carbocycles. The fourth-order valence-corrected chi connectivity index (χ4v) is 2.15. The SMILES string of the molecule is Cc1nnc2c(C(=O)NCCOc3ccccc3)cccn12. The van der Waals surface area contributed by atoms with E-state index in [0.29, 0.717) is 24.4 Å². The molecule has 0 aliphatic carbocycles. The van der Waals surface area contributed by atoms with Crippen LogP contribution < -0.4 is 10.1 Å². The molecule has 0 unspecified atom stereocenters. The lowest BCUT2D eigenvalue weighted by Gasteiger charge is -2.08. The first-order chi connectivity index (χ1) is 10.8. The number of nitrogens with one attached hydrogen (secondary N) is 1. The van der Waals surface area contributed by atoms with Crippen molar-refractivity contribution >= 4 is 11.6 Å². The van der Waals surface area contributed by atoms with Gasteiger partial charge in [0.15, 0.2) is 5.65 Å². The van der Waals surface area contributed by atoms with Crippen molar-refractivity contribution < 1.29 is 9.53 Å². The summed E-state index contributed by atoms with van der Waals surface area (Å²) in [5.74, 6) is 1.35. The molecular formula is C16H16N4O2. The van der Waals surface area contributed by atoms with E-state index < -0.39 is 0 Å². The number of aromatic nitrogens is 3. The van der Waals surface area contributed by atoms with Crippen molar-refractivity contribution in [3.05, 3.63) is 60.0 Å². The summed E-state index contributed by atoms with van der Waals surface area (Å²) in [4.78, 5) is 12.2. The molecule has 0 radical (unpaired) electrons. The molecule has 1 amide bonds. The van der Waals surface area contributed by atoms with E-state index in [2.05, 4.69) is 15.5 Å². The quantitative estimate of drug-likeness (QED) is 0.730. The standard InChI is InChI=1S/C16H16N4O2/c1-12-18-19-15-14(8-5-10-20(12)15)16(21)17-9-11-22-13-6-3-2-4-7-13/h2-8,10H,9,11H2,1H3,(H,17,21). The Labute approximate surface area is 127 Å². The zero-order chi connectivity index (χ0) is 15.4. The molecule has 0 bridgehead atoms. The molecule has 0 aliphatic rings. The molecule has 0 saturated heterocycles. The van der Waals surface area contributed by atoms with E-state index in [1.807, 2.05) is 43.5 Å². The third-order valence-corrected chi connectivity index (χ3v) is 3.25. The zero-order valence-electron chi connectivity index (χ0n) is 12.2. The van der Waals surface area contributed by atoms with Crippen LogP contribution in [0.5, 0.6) is 5.75 Å². The van der Waals surface area contributed by atoms with Crippen molar-refractivity contribution in [2.45, 2.75) is 6.92 Å².